The molecule has 0 aliphatic carbocycles. The van der Waals surface area contributed by atoms with Crippen LogP contribution in [0.2, 0.25) is 0 Å². The van der Waals surface area contributed by atoms with Crippen LogP contribution in [-0.4, -0.2) is 29.5 Å². The summed E-state index contributed by atoms with van der Waals surface area (Å²) >= 11 is 0. The van der Waals surface area contributed by atoms with E-state index in [1.807, 2.05) is 45.0 Å². The average Bonchev–Trinajstić information content (AvgIpc) is 2.91. The molecule has 0 unspecified atom stereocenters. The molecule has 2 aromatic rings. The topological polar surface area (TPSA) is 53.3 Å². The zero-order valence-corrected chi connectivity index (χ0v) is 13.9. The van der Waals surface area contributed by atoms with E-state index in [0.717, 1.165) is 16.9 Å². The van der Waals surface area contributed by atoms with Crippen molar-refractivity contribution in [3.05, 3.63) is 47.3 Å². The molecule has 0 aliphatic rings. The van der Waals surface area contributed by atoms with Crippen molar-refractivity contribution >= 4 is 5.97 Å². The Morgan fingerprint density at radius 3 is 2.41 bits per heavy atom. The second-order valence-corrected chi connectivity index (χ2v) is 4.40. The number of aryl methyl sites for hydroxylation is 1. The molecule has 0 fully saturated rings. The molecule has 0 N–H and O–H groups in total. The molecule has 22 heavy (non-hydrogen) atoms. The van der Waals surface area contributed by atoms with E-state index in [2.05, 4.69) is 5.10 Å². The van der Waals surface area contributed by atoms with Gasteiger partial charge in [0.05, 0.1) is 26.5 Å². The maximum atomic E-state index is 11.9. The van der Waals surface area contributed by atoms with Gasteiger partial charge in [-0.3, -0.25) is 4.68 Å². The molecule has 5 heteroatoms. The summed E-state index contributed by atoms with van der Waals surface area (Å²) in [6.45, 7) is 8.51. The van der Waals surface area contributed by atoms with Crippen LogP contribution < -0.4 is 4.74 Å². The third kappa shape index (κ3) is 4.35. The molecule has 1 aromatic carbocycles. The summed E-state index contributed by atoms with van der Waals surface area (Å²) < 4.78 is 11.8. The molecule has 0 spiro atoms. The van der Waals surface area contributed by atoms with Gasteiger partial charge in [-0.05, 0) is 31.5 Å². The summed E-state index contributed by atoms with van der Waals surface area (Å²) in [6, 6.07) is 7.67. The quantitative estimate of drug-likeness (QED) is 0.794. The second-order valence-electron chi connectivity index (χ2n) is 4.40. The number of carbonyl (C=O) groups excluding carboxylic acids is 1. The number of hydrogen-bond acceptors (Lipinski definition) is 4. The van der Waals surface area contributed by atoms with E-state index in [1.54, 1.807) is 24.9 Å². The molecule has 0 radical (unpaired) electrons. The van der Waals surface area contributed by atoms with Crippen LogP contribution in [0, 0.1) is 6.92 Å². The lowest BCUT2D eigenvalue weighted by Gasteiger charge is -2.08. The molecule has 0 atom stereocenters. The van der Waals surface area contributed by atoms with E-state index in [9.17, 15) is 4.79 Å². The number of rotatable bonds is 5. The maximum absolute atomic E-state index is 11.9. The van der Waals surface area contributed by atoms with Gasteiger partial charge in [0.1, 0.15) is 11.4 Å². The molecule has 1 aromatic heterocycles. The van der Waals surface area contributed by atoms with Crippen LogP contribution >= 0.6 is 0 Å². The van der Waals surface area contributed by atoms with Gasteiger partial charge in [0, 0.05) is 5.56 Å². The number of benzene rings is 1. The van der Waals surface area contributed by atoms with Gasteiger partial charge in [-0.1, -0.05) is 26.0 Å². The molecular weight excluding hydrogens is 280 g/mol. The van der Waals surface area contributed by atoms with Crippen LogP contribution in [0.3, 0.4) is 0 Å². The zero-order valence-electron chi connectivity index (χ0n) is 13.9. The predicted octanol–water partition coefficient (Wildman–Crippen LogP) is 3.45. The van der Waals surface area contributed by atoms with Gasteiger partial charge >= 0.3 is 5.97 Å². The van der Waals surface area contributed by atoms with Crippen molar-refractivity contribution in [1.29, 1.82) is 0 Å². The molecule has 0 amide bonds. The van der Waals surface area contributed by atoms with Crippen molar-refractivity contribution < 1.29 is 14.3 Å². The van der Waals surface area contributed by atoms with Crippen molar-refractivity contribution in [2.24, 2.45) is 0 Å². The molecule has 0 bridgehead atoms. The van der Waals surface area contributed by atoms with Crippen LogP contribution in [0.5, 0.6) is 5.75 Å². The standard InChI is InChI=1S/C15H18N2O3.C2H6/c1-4-20-15(18)14-11(2)9-16-17(14)10-12-5-7-13(19-3)8-6-12;1-2/h5-9H,4,10H2,1-3H3;1-2H3. The molecule has 0 saturated heterocycles. The minimum absolute atomic E-state index is 0.337. The highest BCUT2D eigenvalue weighted by atomic mass is 16.5. The van der Waals surface area contributed by atoms with Crippen molar-refractivity contribution in [3.8, 4) is 5.75 Å². The molecule has 0 saturated carbocycles. The highest BCUT2D eigenvalue weighted by Gasteiger charge is 2.17. The summed E-state index contributed by atoms with van der Waals surface area (Å²) in [4.78, 5) is 11.9. The zero-order chi connectivity index (χ0) is 16.5. The first kappa shape index (κ1) is 17.8. The Labute approximate surface area is 131 Å². The molecule has 1 heterocycles. The Balaban J connectivity index is 0.00000116. The molecule has 0 aliphatic heterocycles. The van der Waals surface area contributed by atoms with E-state index >= 15 is 0 Å². The third-order valence-corrected chi connectivity index (χ3v) is 2.98. The number of ether oxygens (including phenoxy) is 2. The lowest BCUT2D eigenvalue weighted by molar-refractivity contribution is 0.0511. The fourth-order valence-electron chi connectivity index (χ4n) is 1.97. The van der Waals surface area contributed by atoms with Crippen LogP contribution in [0.1, 0.15) is 42.4 Å². The summed E-state index contributed by atoms with van der Waals surface area (Å²) in [7, 11) is 1.63. The second kappa shape index (κ2) is 8.87. The summed E-state index contributed by atoms with van der Waals surface area (Å²) in [5, 5.41) is 4.24. The SMILES string of the molecule is CC.CCOC(=O)c1c(C)cnn1Cc1ccc(OC)cc1. The average molecular weight is 304 g/mol. The van der Waals surface area contributed by atoms with Gasteiger partial charge in [0.2, 0.25) is 0 Å². The van der Waals surface area contributed by atoms with Gasteiger partial charge in [0.25, 0.3) is 0 Å². The maximum Gasteiger partial charge on any atom is 0.356 e. The first-order chi connectivity index (χ1) is 10.7. The lowest BCUT2D eigenvalue weighted by atomic mass is 10.2. The Kier molecular flexibility index (Phi) is 7.16. The fraction of sp³-hybridized carbons (Fsp3) is 0.412. The molecule has 5 nitrogen and oxygen atoms in total. The Hall–Kier alpha value is -2.30. The molecule has 2 rings (SSSR count). The Morgan fingerprint density at radius 1 is 1.23 bits per heavy atom. The summed E-state index contributed by atoms with van der Waals surface area (Å²) in [5.74, 6) is 0.465. The number of methoxy groups -OCH3 is 1. The van der Waals surface area contributed by atoms with Crippen molar-refractivity contribution in [2.75, 3.05) is 13.7 Å². The van der Waals surface area contributed by atoms with Crippen LogP contribution in [0.15, 0.2) is 30.5 Å². The highest BCUT2D eigenvalue weighted by Crippen LogP contribution is 2.15. The van der Waals surface area contributed by atoms with Gasteiger partial charge in [-0.25, -0.2) is 4.79 Å². The normalized spacial score (nSPS) is 9.68. The third-order valence-electron chi connectivity index (χ3n) is 2.98. The van der Waals surface area contributed by atoms with E-state index < -0.39 is 0 Å². The lowest BCUT2D eigenvalue weighted by Crippen LogP contribution is -2.15. The smallest absolute Gasteiger partial charge is 0.356 e. The van der Waals surface area contributed by atoms with Gasteiger partial charge in [0.15, 0.2) is 0 Å². The predicted molar refractivity (Wildman–Crippen MR) is 86.4 cm³/mol. The van der Waals surface area contributed by atoms with E-state index in [0.29, 0.717) is 18.8 Å². The van der Waals surface area contributed by atoms with Crippen LogP contribution in [-0.2, 0) is 11.3 Å². The largest absolute Gasteiger partial charge is 0.497 e. The number of esters is 1. The van der Waals surface area contributed by atoms with Gasteiger partial charge < -0.3 is 9.47 Å². The van der Waals surface area contributed by atoms with Crippen molar-refractivity contribution in [3.63, 3.8) is 0 Å². The number of hydrogen-bond donors (Lipinski definition) is 0. The monoisotopic (exact) mass is 304 g/mol. The van der Waals surface area contributed by atoms with E-state index in [1.165, 1.54) is 0 Å². The molecular formula is C17H24N2O3. The molecule has 120 valence electrons. The first-order valence-corrected chi connectivity index (χ1v) is 7.48. The fourth-order valence-corrected chi connectivity index (χ4v) is 1.97. The number of aromatic nitrogens is 2. The Morgan fingerprint density at radius 2 is 1.86 bits per heavy atom. The van der Waals surface area contributed by atoms with Crippen molar-refractivity contribution in [2.45, 2.75) is 34.2 Å². The Bertz CT molecular complexity index is 588. The highest BCUT2D eigenvalue weighted by molar-refractivity contribution is 5.89. The number of carbonyl (C=O) groups is 1. The van der Waals surface area contributed by atoms with Crippen LogP contribution in [0.4, 0.5) is 0 Å². The van der Waals surface area contributed by atoms with Crippen molar-refractivity contribution in [1.82, 2.24) is 9.78 Å². The first-order valence-electron chi connectivity index (χ1n) is 7.48. The summed E-state index contributed by atoms with van der Waals surface area (Å²) in [5.41, 5.74) is 2.36. The summed E-state index contributed by atoms with van der Waals surface area (Å²) in [6.07, 6.45) is 1.68. The minimum Gasteiger partial charge on any atom is -0.497 e. The van der Waals surface area contributed by atoms with E-state index in [4.69, 9.17) is 9.47 Å². The minimum atomic E-state index is -0.337. The number of nitrogens with zero attached hydrogens (tertiary/aromatic N) is 2. The van der Waals surface area contributed by atoms with Gasteiger partial charge in [-0.2, -0.15) is 5.10 Å². The van der Waals surface area contributed by atoms with Crippen LogP contribution in [0.25, 0.3) is 0 Å². The van der Waals surface area contributed by atoms with Gasteiger partial charge in [-0.15, -0.1) is 0 Å². The van der Waals surface area contributed by atoms with E-state index in [-0.39, 0.29) is 5.97 Å².